The molecule has 2 aromatic rings. The number of anilines is 1. The second kappa shape index (κ2) is 7.26. The smallest absolute Gasteiger partial charge is 0.252 e. The summed E-state index contributed by atoms with van der Waals surface area (Å²) in [7, 11) is 1.47. The molecular formula is C15H18N4O3. The van der Waals surface area contributed by atoms with E-state index in [0.29, 0.717) is 5.75 Å². The predicted octanol–water partition coefficient (Wildman–Crippen LogP) is 1.88. The zero-order valence-electron chi connectivity index (χ0n) is 12.5. The van der Waals surface area contributed by atoms with Gasteiger partial charge in [-0.25, -0.2) is 10.4 Å². The summed E-state index contributed by atoms with van der Waals surface area (Å²) in [5.74, 6) is 0.712. The largest absolute Gasteiger partial charge is 0.504 e. The number of nitrogens with zero attached hydrogens (tertiary/aromatic N) is 2. The Hall–Kier alpha value is -2.83. The number of methoxy groups -OCH3 is 1. The third-order valence-electron chi connectivity index (χ3n) is 2.89. The van der Waals surface area contributed by atoms with E-state index in [1.165, 1.54) is 25.5 Å². The molecule has 0 aliphatic heterocycles. The summed E-state index contributed by atoms with van der Waals surface area (Å²) >= 11 is 0. The summed E-state index contributed by atoms with van der Waals surface area (Å²) in [6.45, 7) is 2.02. The molecule has 1 heterocycles. The molecule has 0 unspecified atom stereocenters. The lowest BCUT2D eigenvalue weighted by atomic mass is 10.2. The van der Waals surface area contributed by atoms with Crippen molar-refractivity contribution in [3.63, 3.8) is 0 Å². The molecule has 7 heteroatoms. The molecule has 0 saturated carbocycles. The minimum Gasteiger partial charge on any atom is -0.504 e. The lowest BCUT2D eigenvalue weighted by molar-refractivity contribution is 0.373. The normalized spacial score (nSPS) is 10.8. The van der Waals surface area contributed by atoms with Crippen LogP contribution in [-0.4, -0.2) is 28.4 Å². The van der Waals surface area contributed by atoms with Gasteiger partial charge in [0.1, 0.15) is 0 Å². The van der Waals surface area contributed by atoms with Crippen LogP contribution in [0.4, 0.5) is 5.95 Å². The van der Waals surface area contributed by atoms with E-state index < -0.39 is 0 Å². The van der Waals surface area contributed by atoms with Crippen molar-refractivity contribution in [3.8, 4) is 11.5 Å². The number of nitrogens with one attached hydrogen (secondary N) is 2. The van der Waals surface area contributed by atoms with Crippen molar-refractivity contribution in [1.29, 1.82) is 0 Å². The van der Waals surface area contributed by atoms with E-state index >= 15 is 0 Å². The topological polar surface area (TPSA) is 99.6 Å². The van der Waals surface area contributed by atoms with Crippen LogP contribution in [0.1, 0.15) is 24.6 Å². The molecule has 1 aromatic heterocycles. The number of ether oxygens (including phenoxy) is 1. The number of benzene rings is 1. The Morgan fingerprint density at radius 3 is 3.00 bits per heavy atom. The molecule has 0 fully saturated rings. The molecule has 0 spiro atoms. The van der Waals surface area contributed by atoms with Crippen LogP contribution in [0.25, 0.3) is 0 Å². The van der Waals surface area contributed by atoms with Gasteiger partial charge in [-0.15, -0.1) is 0 Å². The number of aromatic amines is 1. The van der Waals surface area contributed by atoms with Crippen molar-refractivity contribution in [1.82, 2.24) is 9.97 Å². The number of hydrogen-bond acceptors (Lipinski definition) is 6. The van der Waals surface area contributed by atoms with Crippen molar-refractivity contribution in [2.45, 2.75) is 19.8 Å². The van der Waals surface area contributed by atoms with E-state index in [2.05, 4.69) is 20.5 Å². The highest BCUT2D eigenvalue weighted by Gasteiger charge is 2.01. The van der Waals surface area contributed by atoms with Crippen molar-refractivity contribution >= 4 is 12.2 Å². The molecule has 2 rings (SSSR count). The predicted molar refractivity (Wildman–Crippen MR) is 84.7 cm³/mol. The van der Waals surface area contributed by atoms with E-state index in [1.807, 2.05) is 6.92 Å². The summed E-state index contributed by atoms with van der Waals surface area (Å²) in [5, 5.41) is 13.5. The van der Waals surface area contributed by atoms with Gasteiger partial charge in [0.25, 0.3) is 5.56 Å². The Balaban J connectivity index is 2.10. The maximum atomic E-state index is 11.5. The summed E-state index contributed by atoms with van der Waals surface area (Å²) < 4.78 is 5.02. The Kier molecular flexibility index (Phi) is 5.13. The zero-order chi connectivity index (χ0) is 15.9. The maximum absolute atomic E-state index is 11.5. The van der Waals surface area contributed by atoms with Crippen LogP contribution in [0.15, 0.2) is 34.2 Å². The molecule has 22 heavy (non-hydrogen) atoms. The second-order valence-corrected chi connectivity index (χ2v) is 4.64. The van der Waals surface area contributed by atoms with E-state index in [9.17, 15) is 9.90 Å². The van der Waals surface area contributed by atoms with Crippen LogP contribution in [0.3, 0.4) is 0 Å². The standard InChI is InChI=1S/C15H18N4O3/c1-3-4-11-8-14(21)18-15(17-11)19-16-9-10-5-6-12(20)13(7-10)22-2/h5-9,20H,3-4H2,1-2H3,(H2,17,18,19,21)/b16-9+. The van der Waals surface area contributed by atoms with Gasteiger partial charge in [-0.05, 0) is 30.2 Å². The van der Waals surface area contributed by atoms with Crippen molar-refractivity contribution < 1.29 is 9.84 Å². The van der Waals surface area contributed by atoms with E-state index in [4.69, 9.17) is 4.74 Å². The fourth-order valence-electron chi connectivity index (χ4n) is 1.89. The van der Waals surface area contributed by atoms with Crippen molar-refractivity contribution in [2.24, 2.45) is 5.10 Å². The third-order valence-corrected chi connectivity index (χ3v) is 2.89. The van der Waals surface area contributed by atoms with Gasteiger partial charge in [0.15, 0.2) is 11.5 Å². The van der Waals surface area contributed by atoms with Crippen LogP contribution >= 0.6 is 0 Å². The highest BCUT2D eigenvalue weighted by atomic mass is 16.5. The summed E-state index contributed by atoms with van der Waals surface area (Å²) in [5.41, 5.74) is 3.91. The summed E-state index contributed by atoms with van der Waals surface area (Å²) in [6, 6.07) is 6.32. The zero-order valence-corrected chi connectivity index (χ0v) is 12.5. The van der Waals surface area contributed by atoms with Crippen LogP contribution in [0.2, 0.25) is 0 Å². The quantitative estimate of drug-likeness (QED) is 0.559. The van der Waals surface area contributed by atoms with Gasteiger partial charge in [0.05, 0.1) is 13.3 Å². The number of hydrazone groups is 1. The average molecular weight is 302 g/mol. The minimum atomic E-state index is -0.220. The third kappa shape index (κ3) is 4.08. The van der Waals surface area contributed by atoms with Gasteiger partial charge < -0.3 is 9.84 Å². The number of aromatic nitrogens is 2. The number of hydrogen-bond donors (Lipinski definition) is 3. The van der Waals surface area contributed by atoms with Gasteiger partial charge in [0.2, 0.25) is 5.95 Å². The maximum Gasteiger partial charge on any atom is 0.252 e. The number of rotatable bonds is 6. The average Bonchev–Trinajstić information content (AvgIpc) is 2.49. The van der Waals surface area contributed by atoms with Crippen LogP contribution in [0.5, 0.6) is 11.5 Å². The highest BCUT2D eigenvalue weighted by Crippen LogP contribution is 2.25. The van der Waals surface area contributed by atoms with Crippen LogP contribution in [0, 0.1) is 0 Å². The fourth-order valence-corrected chi connectivity index (χ4v) is 1.89. The molecule has 0 aliphatic carbocycles. The molecule has 0 radical (unpaired) electrons. The lowest BCUT2D eigenvalue weighted by Gasteiger charge is -2.04. The van der Waals surface area contributed by atoms with Gasteiger partial charge >= 0.3 is 0 Å². The van der Waals surface area contributed by atoms with Crippen LogP contribution in [-0.2, 0) is 6.42 Å². The molecule has 0 saturated heterocycles. The lowest BCUT2D eigenvalue weighted by Crippen LogP contribution is -2.11. The first-order valence-corrected chi connectivity index (χ1v) is 6.88. The first-order chi connectivity index (χ1) is 10.6. The molecular weight excluding hydrogens is 284 g/mol. The van der Waals surface area contributed by atoms with E-state index in [0.717, 1.165) is 24.1 Å². The number of phenolic OH excluding ortho intramolecular Hbond substituents is 1. The first-order valence-electron chi connectivity index (χ1n) is 6.88. The Morgan fingerprint density at radius 1 is 1.45 bits per heavy atom. The Morgan fingerprint density at radius 2 is 2.27 bits per heavy atom. The molecule has 0 bridgehead atoms. The number of H-pyrrole nitrogens is 1. The molecule has 1 aromatic carbocycles. The van der Waals surface area contributed by atoms with Crippen molar-refractivity contribution in [2.75, 3.05) is 12.5 Å². The monoisotopic (exact) mass is 302 g/mol. The highest BCUT2D eigenvalue weighted by molar-refractivity contribution is 5.81. The van der Waals surface area contributed by atoms with Crippen LogP contribution < -0.4 is 15.7 Å². The first kappa shape index (κ1) is 15.6. The van der Waals surface area contributed by atoms with E-state index in [1.54, 1.807) is 12.1 Å². The van der Waals surface area contributed by atoms with Crippen molar-refractivity contribution in [3.05, 3.63) is 45.9 Å². The Bertz CT molecular complexity index is 725. The van der Waals surface area contributed by atoms with E-state index in [-0.39, 0.29) is 17.3 Å². The Labute approximate surface area is 127 Å². The summed E-state index contributed by atoms with van der Waals surface area (Å²) in [4.78, 5) is 18.3. The fraction of sp³-hybridized carbons (Fsp3) is 0.267. The number of aromatic hydroxyl groups is 1. The van der Waals surface area contributed by atoms with Gasteiger partial charge in [-0.1, -0.05) is 13.3 Å². The number of phenols is 1. The summed E-state index contributed by atoms with van der Waals surface area (Å²) in [6.07, 6.45) is 3.18. The SMILES string of the molecule is CCCc1cc(=O)[nH]c(N/N=C/c2ccc(O)c(OC)c2)n1. The van der Waals surface area contributed by atoms with Gasteiger partial charge in [-0.2, -0.15) is 5.10 Å². The minimum absolute atomic E-state index is 0.0610. The molecule has 3 N–H and O–H groups in total. The van der Waals surface area contributed by atoms with Gasteiger partial charge in [0, 0.05) is 11.8 Å². The molecule has 0 atom stereocenters. The molecule has 116 valence electrons. The second-order valence-electron chi connectivity index (χ2n) is 4.64. The van der Waals surface area contributed by atoms with Gasteiger partial charge in [-0.3, -0.25) is 9.78 Å². The molecule has 7 nitrogen and oxygen atoms in total. The molecule has 0 amide bonds. The molecule has 0 aliphatic rings. The number of aryl methyl sites for hydroxylation is 1.